The number of piperidine rings is 1. The Labute approximate surface area is 111 Å². The molecule has 1 aromatic heterocycles. The Morgan fingerprint density at radius 2 is 2.11 bits per heavy atom. The predicted octanol–water partition coefficient (Wildman–Crippen LogP) is 2.91. The molecule has 3 unspecified atom stereocenters. The molecule has 102 valence electrons. The number of nitrogens with one attached hydrogen (secondary N) is 1. The molecule has 0 bridgehead atoms. The van der Waals surface area contributed by atoms with Crippen LogP contribution in [-0.2, 0) is 0 Å². The first-order chi connectivity index (χ1) is 8.65. The van der Waals surface area contributed by atoms with E-state index in [2.05, 4.69) is 31.0 Å². The summed E-state index contributed by atoms with van der Waals surface area (Å²) in [7, 11) is 0. The van der Waals surface area contributed by atoms with Gasteiger partial charge >= 0.3 is 0 Å². The fourth-order valence-electron chi connectivity index (χ4n) is 3.05. The van der Waals surface area contributed by atoms with Gasteiger partial charge in [-0.3, -0.25) is 0 Å². The first-order valence-electron chi connectivity index (χ1n) is 7.14. The Kier molecular flexibility index (Phi) is 4.84. The van der Waals surface area contributed by atoms with Gasteiger partial charge in [-0.1, -0.05) is 13.8 Å². The Hall–Kier alpha value is -0.800. The minimum absolute atomic E-state index is 0.305. The summed E-state index contributed by atoms with van der Waals surface area (Å²) in [6.45, 7) is 11.5. The van der Waals surface area contributed by atoms with E-state index in [4.69, 9.17) is 4.42 Å². The first kappa shape index (κ1) is 13.6. The zero-order chi connectivity index (χ0) is 13.0. The van der Waals surface area contributed by atoms with E-state index < -0.39 is 0 Å². The van der Waals surface area contributed by atoms with Crippen molar-refractivity contribution in [3.8, 4) is 0 Å². The van der Waals surface area contributed by atoms with Crippen molar-refractivity contribution in [2.45, 2.75) is 33.2 Å². The van der Waals surface area contributed by atoms with Crippen LogP contribution in [0.1, 0.15) is 39.0 Å². The summed E-state index contributed by atoms with van der Waals surface area (Å²) in [5.41, 5.74) is 0. The van der Waals surface area contributed by atoms with Gasteiger partial charge < -0.3 is 14.6 Å². The van der Waals surface area contributed by atoms with Crippen LogP contribution in [0.2, 0.25) is 0 Å². The van der Waals surface area contributed by atoms with Crippen molar-refractivity contribution in [2.75, 3.05) is 26.2 Å². The van der Waals surface area contributed by atoms with Gasteiger partial charge in [0, 0.05) is 26.2 Å². The van der Waals surface area contributed by atoms with Gasteiger partial charge in [0.05, 0.1) is 12.3 Å². The zero-order valence-corrected chi connectivity index (χ0v) is 11.9. The van der Waals surface area contributed by atoms with E-state index in [1.54, 1.807) is 6.26 Å². The second kappa shape index (κ2) is 6.39. The van der Waals surface area contributed by atoms with Crippen LogP contribution >= 0.6 is 0 Å². The summed E-state index contributed by atoms with van der Waals surface area (Å²) in [4.78, 5) is 2.58. The third kappa shape index (κ3) is 3.85. The van der Waals surface area contributed by atoms with Crippen LogP contribution < -0.4 is 5.32 Å². The summed E-state index contributed by atoms with van der Waals surface area (Å²) in [6.07, 6.45) is 3.12. The van der Waals surface area contributed by atoms with Gasteiger partial charge in [-0.05, 0) is 37.3 Å². The molecule has 0 radical (unpaired) electrons. The number of likely N-dealkylation sites (tertiary alicyclic amines) is 1. The molecule has 1 saturated heterocycles. The lowest BCUT2D eigenvalue weighted by Crippen LogP contribution is -2.42. The summed E-state index contributed by atoms with van der Waals surface area (Å²) < 4.78 is 5.40. The summed E-state index contributed by atoms with van der Waals surface area (Å²) in [5, 5.41) is 3.53. The molecule has 1 aliphatic rings. The van der Waals surface area contributed by atoms with Crippen molar-refractivity contribution in [1.29, 1.82) is 0 Å². The van der Waals surface area contributed by atoms with Crippen molar-refractivity contribution in [3.05, 3.63) is 24.2 Å². The minimum Gasteiger partial charge on any atom is -0.468 e. The fraction of sp³-hybridized carbons (Fsp3) is 0.733. The number of hydrogen-bond acceptors (Lipinski definition) is 3. The van der Waals surface area contributed by atoms with Gasteiger partial charge in [0.1, 0.15) is 5.76 Å². The maximum atomic E-state index is 5.40. The average molecular weight is 250 g/mol. The van der Waals surface area contributed by atoms with Gasteiger partial charge in [0.2, 0.25) is 0 Å². The largest absolute Gasteiger partial charge is 0.468 e. The molecule has 18 heavy (non-hydrogen) atoms. The van der Waals surface area contributed by atoms with Crippen LogP contribution in [0.25, 0.3) is 0 Å². The van der Waals surface area contributed by atoms with E-state index in [-0.39, 0.29) is 0 Å². The lowest BCUT2D eigenvalue weighted by atomic mass is 9.92. The standard InChI is InChI=1S/C15H26N2O/c1-12-9-13(2)11-17(10-12)7-6-16-14(3)15-5-4-8-18-15/h4-5,8,12-14,16H,6-7,9-11H2,1-3H3. The normalized spacial score (nSPS) is 27.3. The van der Waals surface area contributed by atoms with Crippen molar-refractivity contribution in [1.82, 2.24) is 10.2 Å². The SMILES string of the molecule is CC1CC(C)CN(CCNC(C)c2ccco2)C1. The van der Waals surface area contributed by atoms with E-state index in [0.717, 1.165) is 30.7 Å². The summed E-state index contributed by atoms with van der Waals surface area (Å²) >= 11 is 0. The first-order valence-corrected chi connectivity index (χ1v) is 7.14. The van der Waals surface area contributed by atoms with Crippen molar-refractivity contribution < 1.29 is 4.42 Å². The average Bonchev–Trinajstić information content (AvgIpc) is 2.80. The Morgan fingerprint density at radius 1 is 1.39 bits per heavy atom. The van der Waals surface area contributed by atoms with E-state index >= 15 is 0 Å². The molecule has 3 heteroatoms. The van der Waals surface area contributed by atoms with Crippen molar-refractivity contribution in [3.63, 3.8) is 0 Å². The second-order valence-corrected chi connectivity index (χ2v) is 5.90. The summed E-state index contributed by atoms with van der Waals surface area (Å²) in [6, 6.07) is 4.28. The molecule has 3 nitrogen and oxygen atoms in total. The highest BCUT2D eigenvalue weighted by molar-refractivity contribution is 5.02. The molecule has 0 aromatic carbocycles. The lowest BCUT2D eigenvalue weighted by Gasteiger charge is -2.35. The fourth-order valence-corrected chi connectivity index (χ4v) is 3.05. The number of nitrogens with zero attached hydrogens (tertiary/aromatic N) is 1. The molecule has 0 saturated carbocycles. The molecule has 0 amide bonds. The Balaban J connectivity index is 1.69. The molecule has 2 rings (SSSR count). The van der Waals surface area contributed by atoms with Crippen molar-refractivity contribution in [2.24, 2.45) is 11.8 Å². The van der Waals surface area contributed by atoms with Gasteiger partial charge in [-0.25, -0.2) is 0 Å². The maximum absolute atomic E-state index is 5.40. The van der Waals surface area contributed by atoms with E-state index in [9.17, 15) is 0 Å². The Bertz CT molecular complexity index is 326. The van der Waals surface area contributed by atoms with Crippen LogP contribution in [0.5, 0.6) is 0 Å². The number of rotatable bonds is 5. The van der Waals surface area contributed by atoms with Crippen LogP contribution in [0, 0.1) is 11.8 Å². The van der Waals surface area contributed by atoms with Crippen LogP contribution in [0.4, 0.5) is 0 Å². The minimum atomic E-state index is 0.305. The third-order valence-electron chi connectivity index (χ3n) is 3.79. The molecule has 1 fully saturated rings. The molecule has 1 N–H and O–H groups in total. The smallest absolute Gasteiger partial charge is 0.120 e. The Morgan fingerprint density at radius 3 is 2.72 bits per heavy atom. The molecular formula is C15H26N2O. The second-order valence-electron chi connectivity index (χ2n) is 5.90. The van der Waals surface area contributed by atoms with E-state index in [1.165, 1.54) is 19.5 Å². The van der Waals surface area contributed by atoms with Gasteiger partial charge in [-0.2, -0.15) is 0 Å². The monoisotopic (exact) mass is 250 g/mol. The predicted molar refractivity (Wildman–Crippen MR) is 74.5 cm³/mol. The molecule has 3 atom stereocenters. The molecule has 2 heterocycles. The van der Waals surface area contributed by atoms with E-state index in [0.29, 0.717) is 6.04 Å². The summed E-state index contributed by atoms with van der Waals surface area (Å²) in [5.74, 6) is 2.71. The van der Waals surface area contributed by atoms with Crippen molar-refractivity contribution >= 4 is 0 Å². The lowest BCUT2D eigenvalue weighted by molar-refractivity contribution is 0.140. The maximum Gasteiger partial charge on any atom is 0.120 e. The highest BCUT2D eigenvalue weighted by Gasteiger charge is 2.21. The molecule has 0 spiro atoms. The number of hydrogen-bond donors (Lipinski definition) is 1. The van der Waals surface area contributed by atoms with E-state index in [1.807, 2.05) is 12.1 Å². The van der Waals surface area contributed by atoms with Crippen LogP contribution in [0.15, 0.2) is 22.8 Å². The van der Waals surface area contributed by atoms with Crippen LogP contribution in [0.3, 0.4) is 0 Å². The topological polar surface area (TPSA) is 28.4 Å². The van der Waals surface area contributed by atoms with Gasteiger partial charge in [0.25, 0.3) is 0 Å². The highest BCUT2D eigenvalue weighted by atomic mass is 16.3. The molecular weight excluding hydrogens is 224 g/mol. The number of furan rings is 1. The van der Waals surface area contributed by atoms with Crippen LogP contribution in [-0.4, -0.2) is 31.1 Å². The van der Waals surface area contributed by atoms with Gasteiger partial charge in [0.15, 0.2) is 0 Å². The molecule has 1 aliphatic heterocycles. The zero-order valence-electron chi connectivity index (χ0n) is 11.9. The quantitative estimate of drug-likeness (QED) is 0.871. The van der Waals surface area contributed by atoms with Gasteiger partial charge in [-0.15, -0.1) is 0 Å². The third-order valence-corrected chi connectivity index (χ3v) is 3.79. The molecule has 0 aliphatic carbocycles. The highest BCUT2D eigenvalue weighted by Crippen LogP contribution is 2.20. The molecule has 1 aromatic rings.